The molecule has 1 amide bonds. The molecule has 0 aliphatic carbocycles. The van der Waals surface area contributed by atoms with Gasteiger partial charge in [0.1, 0.15) is 0 Å². The minimum Gasteiger partial charge on any atom is -0.349 e. The Morgan fingerprint density at radius 3 is 2.80 bits per heavy atom. The van der Waals surface area contributed by atoms with E-state index in [0.717, 1.165) is 5.57 Å². The summed E-state index contributed by atoms with van der Waals surface area (Å²) < 4.78 is 0. The summed E-state index contributed by atoms with van der Waals surface area (Å²) in [4.78, 5) is 23.7. The van der Waals surface area contributed by atoms with Crippen molar-refractivity contribution in [3.05, 3.63) is 10.5 Å². The van der Waals surface area contributed by atoms with Crippen LogP contribution in [-0.4, -0.2) is 22.2 Å². The Bertz CT molecular complexity index is 403. The molecule has 2 unspecified atom stereocenters. The van der Waals surface area contributed by atoms with Crippen LogP contribution in [-0.2, 0) is 9.59 Å². The Morgan fingerprint density at radius 2 is 2.20 bits per heavy atom. The van der Waals surface area contributed by atoms with E-state index in [1.807, 2.05) is 6.92 Å². The molecule has 2 atom stereocenters. The number of carbonyl (C=O) groups is 2. The molecule has 2 heterocycles. The van der Waals surface area contributed by atoms with Crippen LogP contribution in [0.2, 0.25) is 0 Å². The predicted octanol–water partition coefficient (Wildman–Crippen LogP) is 0.543. The van der Waals surface area contributed by atoms with E-state index in [2.05, 4.69) is 10.6 Å². The van der Waals surface area contributed by atoms with Crippen molar-refractivity contribution in [1.82, 2.24) is 10.6 Å². The second-order valence-electron chi connectivity index (χ2n) is 3.55. The Kier molecular flexibility index (Phi) is 2.56. The number of hydrogen-bond acceptors (Lipinski definition) is 4. The smallest absolute Gasteiger partial charge is 0.236 e. The highest BCUT2D eigenvalue weighted by molar-refractivity contribution is 8.05. The minimum absolute atomic E-state index is 0.00687. The molecule has 0 aromatic heterocycles. The first-order chi connectivity index (χ1) is 7.00. The zero-order chi connectivity index (χ0) is 11.2. The molecule has 0 spiro atoms. The summed E-state index contributed by atoms with van der Waals surface area (Å²) in [6, 6.07) is 0. The third-order valence-electron chi connectivity index (χ3n) is 2.48. The lowest BCUT2D eigenvalue weighted by atomic mass is 9.97. The first-order valence-electron chi connectivity index (χ1n) is 4.50. The van der Waals surface area contributed by atoms with Crippen LogP contribution >= 0.6 is 24.0 Å². The number of carbonyl (C=O) groups excluding carboxylic acids is 2. The van der Waals surface area contributed by atoms with Gasteiger partial charge in [-0.3, -0.25) is 9.59 Å². The Morgan fingerprint density at radius 1 is 1.53 bits per heavy atom. The van der Waals surface area contributed by atoms with E-state index in [1.54, 1.807) is 0 Å². The van der Waals surface area contributed by atoms with E-state index < -0.39 is 0 Å². The SMILES string of the molecule is CC(=O)C1=C(C)C2C(=O)NC(=S)NC2S1. The number of amides is 1. The summed E-state index contributed by atoms with van der Waals surface area (Å²) in [6.07, 6.45) is 0. The summed E-state index contributed by atoms with van der Waals surface area (Å²) in [6.45, 7) is 3.34. The lowest BCUT2D eigenvalue weighted by Crippen LogP contribution is -2.55. The first kappa shape index (κ1) is 10.6. The lowest BCUT2D eigenvalue weighted by molar-refractivity contribution is -0.123. The van der Waals surface area contributed by atoms with Crippen LogP contribution < -0.4 is 10.6 Å². The third-order valence-corrected chi connectivity index (χ3v) is 4.19. The molecule has 0 bridgehead atoms. The molecule has 0 radical (unpaired) electrons. The molecular weight excluding hydrogens is 232 g/mol. The van der Waals surface area contributed by atoms with Crippen molar-refractivity contribution in [3.63, 3.8) is 0 Å². The van der Waals surface area contributed by atoms with E-state index in [0.29, 0.717) is 10.0 Å². The molecule has 2 N–H and O–H groups in total. The van der Waals surface area contributed by atoms with Crippen LogP contribution in [0.1, 0.15) is 13.8 Å². The van der Waals surface area contributed by atoms with Gasteiger partial charge in [-0.15, -0.1) is 0 Å². The maximum absolute atomic E-state index is 11.7. The molecule has 1 fully saturated rings. The van der Waals surface area contributed by atoms with E-state index in [1.165, 1.54) is 18.7 Å². The second-order valence-corrected chi connectivity index (χ2v) is 5.11. The molecule has 4 nitrogen and oxygen atoms in total. The van der Waals surface area contributed by atoms with Crippen molar-refractivity contribution in [2.24, 2.45) is 5.92 Å². The molecule has 2 rings (SSSR count). The molecular formula is C9H10N2O2S2. The number of nitrogens with one attached hydrogen (secondary N) is 2. The number of rotatable bonds is 1. The largest absolute Gasteiger partial charge is 0.349 e. The highest BCUT2D eigenvalue weighted by atomic mass is 32.2. The maximum atomic E-state index is 11.7. The molecule has 0 aromatic rings. The highest BCUT2D eigenvalue weighted by Crippen LogP contribution is 2.42. The molecule has 6 heteroatoms. The van der Waals surface area contributed by atoms with Crippen LogP contribution in [0.4, 0.5) is 0 Å². The Hall–Kier alpha value is -0.880. The van der Waals surface area contributed by atoms with Gasteiger partial charge in [0.25, 0.3) is 0 Å². The van der Waals surface area contributed by atoms with E-state index in [9.17, 15) is 9.59 Å². The monoisotopic (exact) mass is 242 g/mol. The van der Waals surface area contributed by atoms with Crippen molar-refractivity contribution in [2.45, 2.75) is 19.2 Å². The Labute approximate surface area is 96.9 Å². The van der Waals surface area contributed by atoms with Crippen LogP contribution in [0.5, 0.6) is 0 Å². The molecule has 2 aliphatic heterocycles. The number of thioether (sulfide) groups is 1. The van der Waals surface area contributed by atoms with Crippen molar-refractivity contribution in [3.8, 4) is 0 Å². The van der Waals surface area contributed by atoms with Gasteiger partial charge in [-0.1, -0.05) is 11.8 Å². The number of hydrogen-bond donors (Lipinski definition) is 2. The molecule has 0 aromatic carbocycles. The average molecular weight is 242 g/mol. The summed E-state index contributed by atoms with van der Waals surface area (Å²) in [5, 5.41) is 5.77. The standard InChI is InChI=1S/C9H10N2O2S2/c1-3-5-7(13)10-9(14)11-8(5)15-6(3)4(2)12/h5,8H,1-2H3,(H2,10,11,13,14). The van der Waals surface area contributed by atoms with Gasteiger partial charge >= 0.3 is 0 Å². The fraction of sp³-hybridized carbons (Fsp3) is 0.444. The molecule has 0 saturated carbocycles. The quantitative estimate of drug-likeness (QED) is 0.657. The zero-order valence-corrected chi connectivity index (χ0v) is 9.92. The number of allylic oxidation sites excluding steroid dienone is 1. The zero-order valence-electron chi connectivity index (χ0n) is 8.29. The van der Waals surface area contributed by atoms with Gasteiger partial charge in [-0.2, -0.15) is 0 Å². The van der Waals surface area contributed by atoms with Gasteiger partial charge in [0.2, 0.25) is 5.91 Å². The predicted molar refractivity (Wildman–Crippen MR) is 62.1 cm³/mol. The topological polar surface area (TPSA) is 58.2 Å². The summed E-state index contributed by atoms with van der Waals surface area (Å²) >= 11 is 6.28. The van der Waals surface area contributed by atoms with Gasteiger partial charge < -0.3 is 10.6 Å². The average Bonchev–Trinajstić information content (AvgIpc) is 2.42. The molecule has 80 valence electrons. The normalized spacial score (nSPS) is 29.7. The van der Waals surface area contributed by atoms with Crippen molar-refractivity contribution in [1.29, 1.82) is 0 Å². The van der Waals surface area contributed by atoms with E-state index in [-0.39, 0.29) is 23.0 Å². The minimum atomic E-state index is -0.277. The highest BCUT2D eigenvalue weighted by Gasteiger charge is 2.42. The van der Waals surface area contributed by atoms with Gasteiger partial charge in [0.05, 0.1) is 16.2 Å². The summed E-state index contributed by atoms with van der Waals surface area (Å²) in [7, 11) is 0. The second kappa shape index (κ2) is 3.61. The van der Waals surface area contributed by atoms with Crippen LogP contribution in [0.15, 0.2) is 10.5 Å². The number of thiocarbonyl (C=S) groups is 1. The van der Waals surface area contributed by atoms with E-state index in [4.69, 9.17) is 12.2 Å². The van der Waals surface area contributed by atoms with Crippen molar-refractivity contribution < 1.29 is 9.59 Å². The van der Waals surface area contributed by atoms with Crippen molar-refractivity contribution in [2.75, 3.05) is 0 Å². The molecule has 15 heavy (non-hydrogen) atoms. The fourth-order valence-electron chi connectivity index (χ4n) is 1.82. The molecule has 2 aliphatic rings. The fourth-order valence-corrected chi connectivity index (χ4v) is 3.49. The summed E-state index contributed by atoms with van der Waals surface area (Å²) in [5.74, 6) is -0.391. The van der Waals surface area contributed by atoms with Crippen LogP contribution in [0.3, 0.4) is 0 Å². The van der Waals surface area contributed by atoms with Crippen LogP contribution in [0.25, 0.3) is 0 Å². The van der Waals surface area contributed by atoms with E-state index >= 15 is 0 Å². The van der Waals surface area contributed by atoms with Crippen molar-refractivity contribution >= 4 is 40.8 Å². The van der Waals surface area contributed by atoms with Gasteiger partial charge in [0, 0.05) is 0 Å². The van der Waals surface area contributed by atoms with Crippen LogP contribution in [0, 0.1) is 5.92 Å². The molecule has 1 saturated heterocycles. The Balaban J connectivity index is 2.33. The van der Waals surface area contributed by atoms with Gasteiger partial charge in [0.15, 0.2) is 10.9 Å². The number of fused-ring (bicyclic) bond motifs is 1. The van der Waals surface area contributed by atoms with Gasteiger partial charge in [-0.25, -0.2) is 0 Å². The maximum Gasteiger partial charge on any atom is 0.236 e. The number of ketones is 1. The lowest BCUT2D eigenvalue weighted by Gasteiger charge is -2.27. The van der Waals surface area contributed by atoms with Gasteiger partial charge in [-0.05, 0) is 31.6 Å². The third kappa shape index (κ3) is 1.68. The summed E-state index contributed by atoms with van der Waals surface area (Å²) in [5.41, 5.74) is 0.838. The first-order valence-corrected chi connectivity index (χ1v) is 5.79. The number of Topliss-reactive ketones (excluding diaryl/α,β-unsaturated/α-hetero) is 1.